The van der Waals surface area contributed by atoms with Crippen molar-refractivity contribution in [2.24, 2.45) is 0 Å². The lowest BCUT2D eigenvalue weighted by molar-refractivity contribution is -0.130. The number of hydrogen-bond acceptors (Lipinski definition) is 4. The monoisotopic (exact) mass is 338 g/mol. The first-order chi connectivity index (χ1) is 5.69. The van der Waals surface area contributed by atoms with Crippen molar-refractivity contribution in [1.82, 2.24) is 0 Å². The lowest BCUT2D eigenvalue weighted by atomic mass is 10.5. The molecule has 0 aliphatic heterocycles. The highest BCUT2D eigenvalue weighted by atomic mass is 127. The summed E-state index contributed by atoms with van der Waals surface area (Å²) in [6.45, 7) is -1.23. The fourth-order valence-corrected chi connectivity index (χ4v) is 1.02. The average Bonchev–Trinajstić information content (AvgIpc) is 1.98. The molecule has 0 aliphatic rings. The zero-order valence-corrected chi connectivity index (χ0v) is 8.69. The van der Waals surface area contributed by atoms with Crippen LogP contribution in [0, 0.1) is 0 Å². The van der Waals surface area contributed by atoms with E-state index in [0.717, 1.165) is 22.6 Å². The molecule has 13 heavy (non-hydrogen) atoms. The molecule has 0 aromatic rings. The Bertz CT molecular complexity index is 249. The second kappa shape index (κ2) is 4.70. The van der Waals surface area contributed by atoms with Crippen molar-refractivity contribution >= 4 is 33.0 Å². The van der Waals surface area contributed by atoms with Crippen LogP contribution < -0.4 is 0 Å². The Kier molecular flexibility index (Phi) is 4.82. The molecule has 0 radical (unpaired) electrons. The van der Waals surface area contributed by atoms with E-state index in [-0.39, 0.29) is 0 Å². The fourth-order valence-electron chi connectivity index (χ4n) is 0.256. The van der Waals surface area contributed by atoms with E-state index >= 15 is 0 Å². The molecule has 0 aromatic carbocycles. The first kappa shape index (κ1) is 13.3. The van der Waals surface area contributed by atoms with Gasteiger partial charge in [-0.2, -0.15) is 21.6 Å². The van der Waals surface area contributed by atoms with Crippen LogP contribution in [-0.4, -0.2) is 25.1 Å². The van der Waals surface area contributed by atoms with Crippen molar-refractivity contribution in [3.63, 3.8) is 0 Å². The third kappa shape index (κ3) is 5.59. The summed E-state index contributed by atoms with van der Waals surface area (Å²) in [4.78, 5) is 0. The van der Waals surface area contributed by atoms with E-state index in [1.807, 2.05) is 0 Å². The van der Waals surface area contributed by atoms with E-state index in [4.69, 9.17) is 0 Å². The number of rotatable bonds is 4. The maximum absolute atomic E-state index is 11.7. The Hall–Kier alpha value is 0.320. The quantitative estimate of drug-likeness (QED) is 0.443. The topological polar surface area (TPSA) is 52.6 Å². The van der Waals surface area contributed by atoms with Gasteiger partial charge in [0.2, 0.25) is 0 Å². The average molecular weight is 338 g/mol. The molecule has 0 N–H and O–H groups in total. The van der Waals surface area contributed by atoms with Crippen molar-refractivity contribution < 1.29 is 34.7 Å². The molecular weight excluding hydrogens is 335 g/mol. The lowest BCUT2D eigenvalue weighted by Gasteiger charge is -2.12. The Labute approximate surface area is 84.6 Å². The molecule has 1 unspecified atom stereocenters. The Balaban J connectivity index is 4.05. The standard InChI is InChI=1S/C3H3F4IO4S/c4-3(5,6)2(8)1-11-13(9,10)12-7/h2H,1H2. The van der Waals surface area contributed by atoms with Crippen LogP contribution in [0.5, 0.6) is 0 Å². The highest BCUT2D eigenvalue weighted by Crippen LogP contribution is 2.27. The van der Waals surface area contributed by atoms with Crippen molar-refractivity contribution in [3.05, 3.63) is 0 Å². The molecule has 0 saturated carbocycles. The summed E-state index contributed by atoms with van der Waals surface area (Å²) in [5.74, 6) is 0. The number of halogens is 5. The molecule has 4 nitrogen and oxygen atoms in total. The maximum Gasteiger partial charge on any atom is 0.430 e. The van der Waals surface area contributed by atoms with Crippen molar-refractivity contribution in [3.8, 4) is 0 Å². The van der Waals surface area contributed by atoms with Gasteiger partial charge in [-0.15, -0.1) is 0 Å². The van der Waals surface area contributed by atoms with Gasteiger partial charge in [-0.05, 0) is 8.91 Å². The summed E-state index contributed by atoms with van der Waals surface area (Å²) in [7, 11) is -4.95. The molecule has 0 rings (SSSR count). The minimum atomic E-state index is -4.95. The molecule has 0 heterocycles. The molecule has 0 bridgehead atoms. The van der Waals surface area contributed by atoms with Gasteiger partial charge in [0.15, 0.2) is 0 Å². The minimum Gasteiger partial charge on any atom is -0.245 e. The van der Waals surface area contributed by atoms with Crippen molar-refractivity contribution in [2.75, 3.05) is 6.61 Å². The van der Waals surface area contributed by atoms with Gasteiger partial charge in [0.1, 0.15) is 3.92 Å². The van der Waals surface area contributed by atoms with E-state index in [1.54, 1.807) is 0 Å². The second-order valence-corrected chi connectivity index (χ2v) is 4.45. The van der Waals surface area contributed by atoms with Gasteiger partial charge < -0.3 is 0 Å². The van der Waals surface area contributed by atoms with Gasteiger partial charge in [0.05, 0.1) is 6.61 Å². The van der Waals surface area contributed by atoms with Gasteiger partial charge in [-0.3, -0.25) is 0 Å². The second-order valence-electron chi connectivity index (χ2n) is 1.76. The van der Waals surface area contributed by atoms with Gasteiger partial charge in [0.25, 0.3) is 0 Å². The normalized spacial score (nSPS) is 15.8. The first-order valence-electron chi connectivity index (χ1n) is 2.59. The van der Waals surface area contributed by atoms with Crippen LogP contribution in [0.2, 0.25) is 0 Å². The highest BCUT2D eigenvalue weighted by Gasteiger charge is 2.38. The van der Waals surface area contributed by atoms with Gasteiger partial charge >= 0.3 is 16.6 Å². The zero-order valence-electron chi connectivity index (χ0n) is 5.72. The molecule has 0 fully saturated rings. The Morgan fingerprint density at radius 3 is 2.15 bits per heavy atom. The molecule has 80 valence electrons. The maximum atomic E-state index is 11.7. The summed E-state index contributed by atoms with van der Waals surface area (Å²) in [6, 6.07) is 0. The Morgan fingerprint density at radius 2 is 1.85 bits per heavy atom. The molecule has 0 spiro atoms. The molecule has 0 saturated heterocycles. The first-order valence-corrected chi connectivity index (χ1v) is 5.17. The molecule has 10 heteroatoms. The van der Waals surface area contributed by atoms with Crippen LogP contribution in [-0.2, 0) is 19.0 Å². The third-order valence-corrected chi connectivity index (χ3v) is 2.44. The van der Waals surface area contributed by atoms with Gasteiger partial charge in [-0.1, -0.05) is 22.6 Å². The van der Waals surface area contributed by atoms with Crippen molar-refractivity contribution in [1.29, 1.82) is 0 Å². The van der Waals surface area contributed by atoms with Crippen LogP contribution >= 0.6 is 22.6 Å². The molecule has 0 aliphatic carbocycles. The molecular formula is C3H3F4IO4S. The van der Waals surface area contributed by atoms with E-state index in [1.165, 1.54) is 0 Å². The van der Waals surface area contributed by atoms with Crippen LogP contribution in [0.15, 0.2) is 0 Å². The van der Waals surface area contributed by atoms with E-state index in [0.29, 0.717) is 0 Å². The van der Waals surface area contributed by atoms with Crippen LogP contribution in [0.25, 0.3) is 0 Å². The van der Waals surface area contributed by atoms with Gasteiger partial charge in [-0.25, -0.2) is 4.18 Å². The fraction of sp³-hybridized carbons (Fsp3) is 1.00. The largest absolute Gasteiger partial charge is 0.430 e. The molecule has 0 amide bonds. The van der Waals surface area contributed by atoms with E-state index in [9.17, 15) is 26.1 Å². The lowest BCUT2D eigenvalue weighted by Crippen LogP contribution is -2.28. The van der Waals surface area contributed by atoms with Gasteiger partial charge in [0, 0.05) is 0 Å². The van der Waals surface area contributed by atoms with E-state index in [2.05, 4.69) is 8.57 Å². The predicted molar refractivity (Wildman–Crippen MR) is 40.9 cm³/mol. The SMILES string of the molecule is O=S(=O)(OF)OCC(I)C(F)(F)F. The highest BCUT2D eigenvalue weighted by molar-refractivity contribution is 14.1. The summed E-state index contributed by atoms with van der Waals surface area (Å²) >= 11 is 0.912. The Morgan fingerprint density at radius 1 is 1.38 bits per heavy atom. The summed E-state index contributed by atoms with van der Waals surface area (Å²) in [5.41, 5.74) is 0. The van der Waals surface area contributed by atoms with E-state index < -0.39 is 27.1 Å². The zero-order chi connectivity index (χ0) is 10.7. The number of alkyl halides is 4. The predicted octanol–water partition coefficient (Wildman–Crippen LogP) is 1.51. The van der Waals surface area contributed by atoms with Crippen molar-refractivity contribution in [2.45, 2.75) is 10.1 Å². The van der Waals surface area contributed by atoms with Crippen LogP contribution in [0.4, 0.5) is 17.7 Å². The summed E-state index contributed by atoms with van der Waals surface area (Å²) in [5, 5.41) is 0. The third-order valence-electron chi connectivity index (χ3n) is 0.791. The van der Waals surface area contributed by atoms with Crippen LogP contribution in [0.1, 0.15) is 0 Å². The van der Waals surface area contributed by atoms with Crippen LogP contribution in [0.3, 0.4) is 0 Å². The smallest absolute Gasteiger partial charge is 0.245 e. The molecule has 1 atom stereocenters. The minimum absolute atomic E-state index is 0.912. The summed E-state index contributed by atoms with van der Waals surface area (Å²) in [6.07, 6.45) is -4.60. The molecule has 0 aromatic heterocycles. The summed E-state index contributed by atoms with van der Waals surface area (Å²) < 4.78 is 70.0. The number of hydrogen-bond donors (Lipinski definition) is 0.